The van der Waals surface area contributed by atoms with Crippen LogP contribution in [-0.2, 0) is 114 Å². The van der Waals surface area contributed by atoms with Gasteiger partial charge in [0.05, 0.1) is 136 Å². The molecular formula is C107H150O27. The molecule has 24 heterocycles. The fraction of sp³-hybridized carbons (Fsp3) is 0.794. The van der Waals surface area contributed by atoms with Crippen molar-refractivity contribution in [1.82, 2.24) is 0 Å². The van der Waals surface area contributed by atoms with E-state index in [0.717, 1.165) is 128 Å². The SMILES string of the molecule is C.C.C=C1C[C@@H]2CC[C@]34O[C@H]5[C@H]6O[C@H](CC[C@@H]6OC6[C@@H]5OC5(OC(c7ccc(OC)cc7)O[C@H]53)[C@H]6O4)CC(=O)CC3[C@H](CC4OC(CCC1O2)C[C@@H](C)C4=C)O[C@H]1C[C@@H](C)[C@@H](CCC)O[C@H]1[C@@H]3C.C=C1C[C@@H]2CC[C@]34O[C@H]5[C@H]6O[C@H](CC[C@@H]6OC6[C@@H]5OC5(OC(c7ccc(OC)cc7)O[C@H]53)[C@H]6O4)CC(=O)CC3[C@H](CC4OC(CCC1O2)C[C@@H](C)C4=C)O[C@H]1C[C@@H](C)[C@@H](CCO)O[C@H]1[C@@H]3C. The maximum Gasteiger partial charge on any atom is 0.233 e. The van der Waals surface area contributed by atoms with Crippen molar-refractivity contribution in [3.8, 4) is 11.5 Å². The van der Waals surface area contributed by atoms with E-state index in [-0.39, 0.29) is 197 Å². The highest BCUT2D eigenvalue weighted by atomic mass is 16.9. The van der Waals surface area contributed by atoms with Crippen LogP contribution in [0.15, 0.2) is 97.1 Å². The Kier molecular flexibility index (Phi) is 26.8. The lowest BCUT2D eigenvalue weighted by atomic mass is 9.72. The molecule has 27 heteroatoms. The molecule has 4 spiro atoms. The van der Waals surface area contributed by atoms with Gasteiger partial charge in [0.25, 0.3) is 0 Å². The molecule has 2 aromatic carbocycles. The summed E-state index contributed by atoms with van der Waals surface area (Å²) < 4.78 is 165. The minimum absolute atomic E-state index is 0. The Labute approximate surface area is 791 Å². The summed E-state index contributed by atoms with van der Waals surface area (Å²) in [5.41, 5.74) is 6.12. The third-order valence-corrected chi connectivity index (χ3v) is 35.8. The molecule has 134 heavy (non-hydrogen) atoms. The van der Waals surface area contributed by atoms with Gasteiger partial charge in [-0.15, -0.1) is 0 Å². The smallest absolute Gasteiger partial charge is 0.233 e. The Morgan fingerprint density at radius 2 is 0.769 bits per heavy atom. The molecule has 740 valence electrons. The number of aliphatic hydroxyl groups excluding tert-OH is 1. The van der Waals surface area contributed by atoms with Crippen molar-refractivity contribution in [2.45, 2.75) is 468 Å². The van der Waals surface area contributed by atoms with Crippen LogP contribution in [0.2, 0.25) is 0 Å². The third kappa shape index (κ3) is 16.7. The van der Waals surface area contributed by atoms with Crippen LogP contribution in [0.1, 0.15) is 260 Å². The van der Waals surface area contributed by atoms with Crippen LogP contribution in [0.4, 0.5) is 0 Å². The van der Waals surface area contributed by atoms with Crippen molar-refractivity contribution in [2.24, 2.45) is 47.3 Å². The van der Waals surface area contributed by atoms with Gasteiger partial charge < -0.3 is 119 Å². The molecule has 24 bridgehead atoms. The predicted molar refractivity (Wildman–Crippen MR) is 487 cm³/mol. The number of benzene rings is 2. The topological polar surface area (TPSA) is 276 Å². The molecular weight excluding hydrogens is 1720 g/mol. The third-order valence-electron chi connectivity index (χ3n) is 35.8. The van der Waals surface area contributed by atoms with Gasteiger partial charge in [-0.2, -0.15) is 0 Å². The molecule has 26 rings (SSSR count). The van der Waals surface area contributed by atoms with Crippen molar-refractivity contribution in [1.29, 1.82) is 0 Å². The monoisotopic (exact) mass is 1870 g/mol. The number of fused-ring (bicyclic) bond motifs is 14. The quantitative estimate of drug-likeness (QED) is 0.240. The fourth-order valence-corrected chi connectivity index (χ4v) is 28.6. The van der Waals surface area contributed by atoms with Crippen LogP contribution in [0.5, 0.6) is 11.5 Å². The van der Waals surface area contributed by atoms with Crippen LogP contribution < -0.4 is 9.47 Å². The van der Waals surface area contributed by atoms with Gasteiger partial charge in [-0.1, -0.05) is 120 Å². The maximum atomic E-state index is 14.6. The minimum Gasteiger partial charge on any atom is -0.497 e. The summed E-state index contributed by atoms with van der Waals surface area (Å²) in [5, 5.41) is 9.89. The molecule has 0 radical (unpaired) electrons. The van der Waals surface area contributed by atoms with Gasteiger partial charge in [0.2, 0.25) is 23.1 Å². The summed E-state index contributed by atoms with van der Waals surface area (Å²) in [7, 11) is 3.30. The summed E-state index contributed by atoms with van der Waals surface area (Å²) >= 11 is 0. The summed E-state index contributed by atoms with van der Waals surface area (Å²) in [6.45, 7) is 34.1. The minimum atomic E-state index is -1.26. The zero-order chi connectivity index (χ0) is 90.4. The van der Waals surface area contributed by atoms with E-state index in [2.05, 4.69) is 74.8 Å². The average molecular weight is 1870 g/mol. The second-order valence-corrected chi connectivity index (χ2v) is 44.0. The molecule has 0 aromatic heterocycles. The second-order valence-electron chi connectivity index (χ2n) is 44.0. The summed E-state index contributed by atoms with van der Waals surface area (Å²) in [6.07, 6.45) is 8.41. The molecule has 24 fully saturated rings. The number of methoxy groups -OCH3 is 2. The molecule has 0 saturated carbocycles. The Morgan fingerprint density at radius 1 is 0.366 bits per heavy atom. The van der Waals surface area contributed by atoms with Gasteiger partial charge >= 0.3 is 0 Å². The number of ether oxygens (including phenoxy) is 24. The number of Topliss-reactive ketones (excluding diaryl/α,β-unsaturated/α-hetero) is 2. The van der Waals surface area contributed by atoms with Crippen molar-refractivity contribution in [2.75, 3.05) is 20.8 Å². The molecule has 0 aliphatic carbocycles. The first kappa shape index (κ1) is 95.6. The highest BCUT2D eigenvalue weighted by Crippen LogP contribution is 2.68. The summed E-state index contributed by atoms with van der Waals surface area (Å²) in [6, 6.07) is 15.4. The lowest BCUT2D eigenvalue weighted by Gasteiger charge is -2.52. The van der Waals surface area contributed by atoms with Gasteiger partial charge in [0, 0.05) is 69.1 Å². The highest BCUT2D eigenvalue weighted by molar-refractivity contribution is 5.80. The lowest BCUT2D eigenvalue weighted by Crippen LogP contribution is -2.62. The van der Waals surface area contributed by atoms with Gasteiger partial charge in [-0.25, -0.2) is 0 Å². The first-order valence-electron chi connectivity index (χ1n) is 51.1. The van der Waals surface area contributed by atoms with E-state index in [1.807, 2.05) is 48.5 Å². The molecule has 1 N–H and O–H groups in total. The Balaban J connectivity index is 0.000000159. The number of hydrogen-bond donors (Lipinski definition) is 1. The van der Waals surface area contributed by atoms with E-state index in [1.165, 1.54) is 0 Å². The largest absolute Gasteiger partial charge is 0.497 e. The highest BCUT2D eigenvalue weighted by Gasteiger charge is 2.85. The molecule has 27 nitrogen and oxygen atoms in total. The van der Waals surface area contributed by atoms with Gasteiger partial charge in [-0.05, 0) is 209 Å². The number of carbonyl (C=O) groups is 2. The predicted octanol–water partition coefficient (Wildman–Crippen LogP) is 15.9. The summed E-state index contributed by atoms with van der Waals surface area (Å²) in [4.78, 5) is 29.2. The number of rotatable bonds is 8. The molecule has 24 aliphatic rings. The van der Waals surface area contributed by atoms with E-state index in [9.17, 15) is 14.7 Å². The number of ketones is 2. The number of hydrogen-bond acceptors (Lipinski definition) is 27. The van der Waals surface area contributed by atoms with Crippen molar-refractivity contribution in [3.05, 3.63) is 108 Å². The zero-order valence-electron chi connectivity index (χ0n) is 78.6. The first-order valence-corrected chi connectivity index (χ1v) is 51.1. The van der Waals surface area contributed by atoms with E-state index >= 15 is 0 Å². The van der Waals surface area contributed by atoms with Gasteiger partial charge in [-0.3, -0.25) is 9.59 Å². The fourth-order valence-electron chi connectivity index (χ4n) is 28.6. The number of aliphatic hydroxyl groups is 1. The zero-order valence-corrected chi connectivity index (χ0v) is 78.6. The first-order chi connectivity index (χ1) is 63.8. The molecule has 24 aliphatic heterocycles. The van der Waals surface area contributed by atoms with Crippen molar-refractivity contribution in [3.63, 3.8) is 0 Å². The molecule has 46 atom stereocenters. The molecule has 14 unspecified atom stereocenters. The van der Waals surface area contributed by atoms with Gasteiger partial charge in [0.1, 0.15) is 84.1 Å². The van der Waals surface area contributed by atoms with Crippen LogP contribution in [0.3, 0.4) is 0 Å². The van der Waals surface area contributed by atoms with Crippen LogP contribution in [-0.4, -0.2) is 256 Å². The normalized spacial score (nSPS) is 51.2. The molecule has 2 aromatic rings. The Bertz CT molecular complexity index is 4310. The van der Waals surface area contributed by atoms with E-state index in [4.69, 9.17) is 114 Å². The Morgan fingerprint density at radius 3 is 1.19 bits per heavy atom. The van der Waals surface area contributed by atoms with Gasteiger partial charge in [0.15, 0.2) is 24.8 Å². The number of carbonyl (C=O) groups excluding carboxylic acids is 2. The average Bonchev–Trinajstić information content (AvgIpc) is 1.50. The summed E-state index contributed by atoms with van der Waals surface area (Å²) in [5.74, 6) is -1.93. The van der Waals surface area contributed by atoms with E-state index in [0.29, 0.717) is 95.3 Å². The molecule has 24 saturated heterocycles. The second kappa shape index (κ2) is 37.6. The standard InChI is InChI=1S/C53H72O13.C52H70O14.2CH4/c1-8-9-38-28(4)22-43-44(60-38)30(6)37-24-32(54)23-35-15-17-40-45(58-35)46-47-48(61-40)49-53(64-47)51(62-50(66-53)31-10-12-33(55-7)13-11-31)52(63-46,65-49)19-18-36-21-27(3)39(56-36)16-14-34-20-26(2)29(5)41(57-34)25-42(37)59-43;1-25-19-33-11-13-37-26(2)20-35(56-37)15-17-51-50-52(66-49(62-50)30-7-9-32(55-6)10-8-30)48(65-51)47-46(64-52)45(63-51)44-39(61-47)14-12-34(58-44)22-31(54)23-36-29(5)43-42(21-27(3)38(60-43)16-18-53)59-41(36)24-40(57-33)28(25)4;;/h10-13,26,28,30,34-51H,3,5,8-9,14-25H2,1-2,4,6-7H3;7-10,25,27,29,33-50,53H,2,4,11-24H2,1,3,5-6H3;2*1H4/t26-,28-,30-,34?,35-,36+,37?,38-,39?,40+,41?,42+,43+,44+,45+,46+,47-,48?,49+,50?,51+,52-,53?;25-,27-,29-,33?,34-,35+,36?,37?,38-,39+,40?,41+,42+,43+,44+,45+,46-,47?,48+,49?,50+,51-,52?;;/m11../s1. The van der Waals surface area contributed by atoms with Crippen LogP contribution in [0.25, 0.3) is 0 Å². The van der Waals surface area contributed by atoms with Crippen LogP contribution in [0, 0.1) is 47.3 Å². The molecule has 0 amide bonds. The van der Waals surface area contributed by atoms with E-state index in [1.54, 1.807) is 14.2 Å². The van der Waals surface area contributed by atoms with E-state index < -0.39 is 109 Å². The Hall–Kier alpha value is -4.58. The lowest BCUT2D eigenvalue weighted by molar-refractivity contribution is -0.329. The maximum absolute atomic E-state index is 14.6. The van der Waals surface area contributed by atoms with Crippen molar-refractivity contribution >= 4 is 11.6 Å². The van der Waals surface area contributed by atoms with Crippen molar-refractivity contribution < 1.29 is 128 Å². The van der Waals surface area contributed by atoms with Crippen LogP contribution >= 0.6 is 0 Å².